The Kier molecular flexibility index (Phi) is 3.81. The van der Waals surface area contributed by atoms with Crippen LogP contribution in [0.3, 0.4) is 0 Å². The predicted octanol–water partition coefficient (Wildman–Crippen LogP) is 4.49. The standard InChI is InChI=1S/C22H21ClN2O2/c1-24-13-18(17-7-6-16(23)12-20(17)24)21(26)25-10-8-22(9-11-25)19-5-3-2-4-15(19)14-27-22/h2-7,12-13H,8-11,14H2,1H3. The second-order valence-electron chi connectivity index (χ2n) is 7.55. The SMILES string of the molecule is Cn1cc(C(=O)N2CCC3(CC2)OCc2ccccc23)c2ccc(Cl)cc21. The summed E-state index contributed by atoms with van der Waals surface area (Å²) in [7, 11) is 1.95. The van der Waals surface area contributed by atoms with Gasteiger partial charge < -0.3 is 14.2 Å². The summed E-state index contributed by atoms with van der Waals surface area (Å²) < 4.78 is 8.18. The van der Waals surface area contributed by atoms with E-state index in [-0.39, 0.29) is 11.5 Å². The van der Waals surface area contributed by atoms with Gasteiger partial charge >= 0.3 is 0 Å². The molecule has 27 heavy (non-hydrogen) atoms. The van der Waals surface area contributed by atoms with E-state index in [2.05, 4.69) is 24.3 Å². The highest BCUT2D eigenvalue weighted by Gasteiger charge is 2.43. The Bertz CT molecular complexity index is 1050. The zero-order valence-electron chi connectivity index (χ0n) is 15.2. The summed E-state index contributed by atoms with van der Waals surface area (Å²) >= 11 is 6.12. The molecule has 4 nitrogen and oxygen atoms in total. The molecule has 1 fully saturated rings. The second kappa shape index (κ2) is 6.11. The summed E-state index contributed by atoms with van der Waals surface area (Å²) in [5.41, 5.74) is 4.08. The van der Waals surface area contributed by atoms with E-state index in [1.807, 2.05) is 40.9 Å². The van der Waals surface area contributed by atoms with Crippen molar-refractivity contribution in [3.05, 3.63) is 70.4 Å². The van der Waals surface area contributed by atoms with Crippen LogP contribution in [0.2, 0.25) is 5.02 Å². The maximum atomic E-state index is 13.2. The van der Waals surface area contributed by atoms with Crippen LogP contribution in [0.15, 0.2) is 48.7 Å². The third kappa shape index (κ3) is 2.59. The normalized spacial score (nSPS) is 18.2. The molecule has 0 unspecified atom stereocenters. The number of carbonyl (C=O) groups is 1. The molecule has 0 radical (unpaired) electrons. The molecular formula is C22H21ClN2O2. The number of aryl methyl sites for hydroxylation is 1. The van der Waals surface area contributed by atoms with Crippen LogP contribution < -0.4 is 0 Å². The molecular weight excluding hydrogens is 360 g/mol. The Balaban J connectivity index is 1.40. The number of fused-ring (bicyclic) bond motifs is 3. The van der Waals surface area contributed by atoms with Crippen LogP contribution in [0.25, 0.3) is 10.9 Å². The van der Waals surface area contributed by atoms with E-state index in [1.54, 1.807) is 0 Å². The van der Waals surface area contributed by atoms with Gasteiger partial charge in [0.2, 0.25) is 0 Å². The lowest BCUT2D eigenvalue weighted by Crippen LogP contribution is -2.45. The lowest BCUT2D eigenvalue weighted by atomic mass is 9.83. The maximum absolute atomic E-state index is 13.2. The third-order valence-electron chi connectivity index (χ3n) is 6.05. The molecule has 0 bridgehead atoms. The minimum atomic E-state index is -0.223. The summed E-state index contributed by atoms with van der Waals surface area (Å²) in [5, 5.41) is 1.63. The van der Waals surface area contributed by atoms with Gasteiger partial charge in [0, 0.05) is 36.7 Å². The molecule has 3 aromatic rings. The first-order valence-corrected chi connectivity index (χ1v) is 9.71. The topological polar surface area (TPSA) is 34.5 Å². The van der Waals surface area contributed by atoms with Crippen molar-refractivity contribution in [2.45, 2.75) is 25.0 Å². The van der Waals surface area contributed by atoms with Gasteiger partial charge in [-0.3, -0.25) is 4.79 Å². The molecule has 5 heteroatoms. The first-order chi connectivity index (χ1) is 13.1. The highest BCUT2D eigenvalue weighted by molar-refractivity contribution is 6.31. The average molecular weight is 381 g/mol. The number of rotatable bonds is 1. The van der Waals surface area contributed by atoms with Crippen molar-refractivity contribution in [3.63, 3.8) is 0 Å². The summed E-state index contributed by atoms with van der Waals surface area (Å²) in [6, 6.07) is 14.1. The minimum Gasteiger partial charge on any atom is -0.365 e. The zero-order valence-corrected chi connectivity index (χ0v) is 16.0. The van der Waals surface area contributed by atoms with E-state index in [9.17, 15) is 4.79 Å². The number of amides is 1. The van der Waals surface area contributed by atoms with Crippen molar-refractivity contribution >= 4 is 28.4 Å². The van der Waals surface area contributed by atoms with E-state index in [1.165, 1.54) is 11.1 Å². The van der Waals surface area contributed by atoms with Gasteiger partial charge in [-0.2, -0.15) is 0 Å². The molecule has 1 amide bonds. The van der Waals surface area contributed by atoms with Crippen LogP contribution >= 0.6 is 11.6 Å². The van der Waals surface area contributed by atoms with Crippen molar-refractivity contribution in [3.8, 4) is 0 Å². The first-order valence-electron chi connectivity index (χ1n) is 9.34. The number of ether oxygens (including phenoxy) is 1. The molecule has 0 saturated carbocycles. The number of aromatic nitrogens is 1. The van der Waals surface area contributed by atoms with Crippen LogP contribution in [0.4, 0.5) is 0 Å². The van der Waals surface area contributed by atoms with E-state index in [4.69, 9.17) is 16.3 Å². The van der Waals surface area contributed by atoms with Crippen LogP contribution in [-0.2, 0) is 24.0 Å². The molecule has 2 aliphatic rings. The number of likely N-dealkylation sites (tertiary alicyclic amines) is 1. The van der Waals surface area contributed by atoms with Crippen molar-refractivity contribution in [2.75, 3.05) is 13.1 Å². The molecule has 0 atom stereocenters. The van der Waals surface area contributed by atoms with Gasteiger partial charge in [-0.1, -0.05) is 41.9 Å². The Labute approximate surface area is 163 Å². The Morgan fingerprint density at radius 3 is 2.74 bits per heavy atom. The minimum absolute atomic E-state index is 0.0871. The van der Waals surface area contributed by atoms with Gasteiger partial charge in [0.15, 0.2) is 0 Å². The van der Waals surface area contributed by atoms with E-state index in [0.717, 1.165) is 29.3 Å². The third-order valence-corrected chi connectivity index (χ3v) is 6.29. The van der Waals surface area contributed by atoms with Gasteiger partial charge in [-0.15, -0.1) is 0 Å². The Morgan fingerprint density at radius 1 is 1.15 bits per heavy atom. The highest BCUT2D eigenvalue weighted by atomic mass is 35.5. The molecule has 2 aromatic carbocycles. The molecule has 1 spiro atoms. The maximum Gasteiger partial charge on any atom is 0.256 e. The largest absolute Gasteiger partial charge is 0.365 e. The fraction of sp³-hybridized carbons (Fsp3) is 0.318. The average Bonchev–Trinajstić information content (AvgIpc) is 3.21. The second-order valence-corrected chi connectivity index (χ2v) is 7.98. The fourth-order valence-electron chi connectivity index (χ4n) is 4.57. The molecule has 0 aliphatic carbocycles. The summed E-state index contributed by atoms with van der Waals surface area (Å²) in [5.74, 6) is 0.0871. The monoisotopic (exact) mass is 380 g/mol. The van der Waals surface area contributed by atoms with Crippen LogP contribution in [0, 0.1) is 0 Å². The molecule has 3 heterocycles. The van der Waals surface area contributed by atoms with Gasteiger partial charge in [0.1, 0.15) is 0 Å². The summed E-state index contributed by atoms with van der Waals surface area (Å²) in [6.45, 7) is 2.09. The molecule has 1 aromatic heterocycles. The van der Waals surface area contributed by atoms with Gasteiger partial charge in [-0.05, 0) is 36.1 Å². The number of nitrogens with zero attached hydrogens (tertiary/aromatic N) is 2. The number of halogens is 1. The van der Waals surface area contributed by atoms with Gasteiger partial charge in [0.05, 0.1) is 23.3 Å². The van der Waals surface area contributed by atoms with Gasteiger partial charge in [0.25, 0.3) is 5.91 Å². The number of benzene rings is 2. The predicted molar refractivity (Wildman–Crippen MR) is 106 cm³/mol. The lowest BCUT2D eigenvalue weighted by Gasteiger charge is -2.39. The van der Waals surface area contributed by atoms with Gasteiger partial charge in [-0.25, -0.2) is 0 Å². The van der Waals surface area contributed by atoms with Crippen LogP contribution in [0.5, 0.6) is 0 Å². The highest BCUT2D eigenvalue weighted by Crippen LogP contribution is 2.44. The Hall–Kier alpha value is -2.30. The molecule has 138 valence electrons. The summed E-state index contributed by atoms with van der Waals surface area (Å²) in [4.78, 5) is 15.2. The van der Waals surface area contributed by atoms with Crippen molar-refractivity contribution < 1.29 is 9.53 Å². The molecule has 5 rings (SSSR count). The summed E-state index contributed by atoms with van der Waals surface area (Å²) in [6.07, 6.45) is 3.59. The van der Waals surface area contributed by atoms with Crippen LogP contribution in [0.1, 0.15) is 34.3 Å². The van der Waals surface area contributed by atoms with E-state index >= 15 is 0 Å². The quantitative estimate of drug-likeness (QED) is 0.623. The number of hydrogen-bond acceptors (Lipinski definition) is 2. The smallest absolute Gasteiger partial charge is 0.256 e. The molecule has 1 saturated heterocycles. The number of piperidine rings is 1. The first kappa shape index (κ1) is 16.8. The zero-order chi connectivity index (χ0) is 18.6. The Morgan fingerprint density at radius 2 is 1.93 bits per heavy atom. The lowest BCUT2D eigenvalue weighted by molar-refractivity contribution is -0.0741. The number of carbonyl (C=O) groups excluding carboxylic acids is 1. The molecule has 2 aliphatic heterocycles. The molecule has 0 N–H and O–H groups in total. The van der Waals surface area contributed by atoms with Crippen molar-refractivity contribution in [1.29, 1.82) is 0 Å². The van der Waals surface area contributed by atoms with E-state index in [0.29, 0.717) is 24.7 Å². The number of hydrogen-bond donors (Lipinski definition) is 0. The fourth-order valence-corrected chi connectivity index (χ4v) is 4.73. The van der Waals surface area contributed by atoms with Crippen molar-refractivity contribution in [2.24, 2.45) is 7.05 Å². The van der Waals surface area contributed by atoms with E-state index < -0.39 is 0 Å². The van der Waals surface area contributed by atoms with Crippen LogP contribution in [-0.4, -0.2) is 28.5 Å². The van der Waals surface area contributed by atoms with Crippen molar-refractivity contribution in [1.82, 2.24) is 9.47 Å².